The van der Waals surface area contributed by atoms with E-state index in [2.05, 4.69) is 4.98 Å². The molecule has 0 aliphatic heterocycles. The van der Waals surface area contributed by atoms with Gasteiger partial charge >= 0.3 is 0 Å². The van der Waals surface area contributed by atoms with Gasteiger partial charge in [-0.2, -0.15) is 0 Å². The van der Waals surface area contributed by atoms with Crippen LogP contribution in [0.1, 0.15) is 0 Å². The number of aromatic hydroxyl groups is 2. The van der Waals surface area contributed by atoms with Gasteiger partial charge in [0.1, 0.15) is 23.1 Å². The molecule has 0 bridgehead atoms. The number of hydrogen-bond donors (Lipinski definition) is 2. The van der Waals surface area contributed by atoms with Crippen molar-refractivity contribution in [3.63, 3.8) is 0 Å². The lowest BCUT2D eigenvalue weighted by Crippen LogP contribution is -1.92. The minimum Gasteiger partial charge on any atom is -0.508 e. The predicted octanol–water partition coefficient (Wildman–Crippen LogP) is 2.79. The summed E-state index contributed by atoms with van der Waals surface area (Å²) < 4.78 is 14.9. The second kappa shape index (κ2) is 3.98. The van der Waals surface area contributed by atoms with E-state index in [0.29, 0.717) is 16.9 Å². The lowest BCUT2D eigenvalue weighted by atomic mass is 10.2. The zero-order chi connectivity index (χ0) is 13.6. The van der Waals surface area contributed by atoms with E-state index in [-0.39, 0.29) is 17.3 Å². The monoisotopic (exact) mass is 258 g/mol. The number of fused-ring (bicyclic) bond motifs is 1. The number of phenolic OH excluding ortho intramolecular Hbond substituents is 2. The molecule has 2 aromatic carbocycles. The minimum absolute atomic E-state index is 0.0108. The molecular weight excluding hydrogens is 247 g/mol. The molecule has 0 spiro atoms. The van der Waals surface area contributed by atoms with Gasteiger partial charge in [-0.05, 0) is 30.3 Å². The molecule has 0 saturated carbocycles. The number of halogens is 1. The van der Waals surface area contributed by atoms with Gasteiger partial charge in [0.05, 0.1) is 16.6 Å². The molecule has 5 heteroatoms. The molecule has 2 N–H and O–H groups in total. The third-order valence-corrected chi connectivity index (χ3v) is 3.06. The Balaban J connectivity index is 2.30. The van der Waals surface area contributed by atoms with Gasteiger partial charge in [0.25, 0.3) is 0 Å². The molecule has 3 rings (SSSR count). The van der Waals surface area contributed by atoms with Crippen molar-refractivity contribution in [3.8, 4) is 22.9 Å². The normalized spacial score (nSPS) is 11.1. The summed E-state index contributed by atoms with van der Waals surface area (Å²) >= 11 is 0. The number of imidazole rings is 1. The summed E-state index contributed by atoms with van der Waals surface area (Å²) in [5.41, 5.74) is 1.65. The molecule has 0 unspecified atom stereocenters. The van der Waals surface area contributed by atoms with Gasteiger partial charge in [0.15, 0.2) is 0 Å². The molecule has 96 valence electrons. The molecule has 19 heavy (non-hydrogen) atoms. The summed E-state index contributed by atoms with van der Waals surface area (Å²) in [5, 5.41) is 19.4. The second-order valence-corrected chi connectivity index (χ2v) is 4.33. The van der Waals surface area contributed by atoms with Crippen molar-refractivity contribution < 1.29 is 14.6 Å². The van der Waals surface area contributed by atoms with Crippen LogP contribution in [-0.2, 0) is 7.05 Å². The third kappa shape index (κ3) is 1.79. The average molecular weight is 258 g/mol. The molecule has 1 aromatic heterocycles. The fourth-order valence-electron chi connectivity index (χ4n) is 2.12. The first-order valence-electron chi connectivity index (χ1n) is 5.70. The maximum Gasteiger partial charge on any atom is 0.144 e. The maximum absolute atomic E-state index is 13.2. The number of hydrogen-bond acceptors (Lipinski definition) is 3. The molecule has 1 heterocycles. The SMILES string of the molecule is Cn1c(-c2cc(O)ccc2O)nc2cc(F)ccc21. The molecule has 4 nitrogen and oxygen atoms in total. The smallest absolute Gasteiger partial charge is 0.144 e. The summed E-state index contributed by atoms with van der Waals surface area (Å²) in [6.45, 7) is 0. The van der Waals surface area contributed by atoms with Crippen molar-refractivity contribution in [2.45, 2.75) is 0 Å². The number of phenols is 2. The molecule has 0 aliphatic carbocycles. The van der Waals surface area contributed by atoms with E-state index in [0.717, 1.165) is 5.52 Å². The fourth-order valence-corrected chi connectivity index (χ4v) is 2.12. The maximum atomic E-state index is 13.2. The van der Waals surface area contributed by atoms with Crippen molar-refractivity contribution in [1.29, 1.82) is 0 Å². The summed E-state index contributed by atoms with van der Waals surface area (Å²) in [6, 6.07) is 8.52. The zero-order valence-electron chi connectivity index (χ0n) is 10.1. The first kappa shape index (κ1) is 11.5. The highest BCUT2D eigenvalue weighted by molar-refractivity contribution is 5.82. The average Bonchev–Trinajstić information content (AvgIpc) is 2.69. The van der Waals surface area contributed by atoms with Crippen molar-refractivity contribution in [3.05, 3.63) is 42.2 Å². The first-order chi connectivity index (χ1) is 9.06. The highest BCUT2D eigenvalue weighted by atomic mass is 19.1. The second-order valence-electron chi connectivity index (χ2n) is 4.33. The van der Waals surface area contributed by atoms with Gasteiger partial charge in [-0.15, -0.1) is 0 Å². The van der Waals surface area contributed by atoms with E-state index in [9.17, 15) is 14.6 Å². The lowest BCUT2D eigenvalue weighted by Gasteiger charge is -2.05. The van der Waals surface area contributed by atoms with Gasteiger partial charge in [-0.3, -0.25) is 0 Å². The Morgan fingerprint density at radius 2 is 1.89 bits per heavy atom. The largest absolute Gasteiger partial charge is 0.508 e. The highest BCUT2D eigenvalue weighted by Crippen LogP contribution is 2.33. The van der Waals surface area contributed by atoms with Crippen LogP contribution in [0.15, 0.2) is 36.4 Å². The van der Waals surface area contributed by atoms with Crippen LogP contribution in [0.2, 0.25) is 0 Å². The third-order valence-electron chi connectivity index (χ3n) is 3.06. The van der Waals surface area contributed by atoms with E-state index in [1.54, 1.807) is 17.7 Å². The molecule has 0 radical (unpaired) electrons. The van der Waals surface area contributed by atoms with Gasteiger partial charge in [0.2, 0.25) is 0 Å². The molecular formula is C14H11FN2O2. The van der Waals surface area contributed by atoms with Crippen LogP contribution >= 0.6 is 0 Å². The van der Waals surface area contributed by atoms with Gasteiger partial charge in [-0.1, -0.05) is 0 Å². The zero-order valence-corrected chi connectivity index (χ0v) is 10.1. The number of aryl methyl sites for hydroxylation is 1. The van der Waals surface area contributed by atoms with Crippen LogP contribution in [-0.4, -0.2) is 19.8 Å². The Hall–Kier alpha value is -2.56. The number of aromatic nitrogens is 2. The summed E-state index contributed by atoms with van der Waals surface area (Å²) in [7, 11) is 1.77. The summed E-state index contributed by atoms with van der Waals surface area (Å²) in [4.78, 5) is 4.30. The summed E-state index contributed by atoms with van der Waals surface area (Å²) in [5.74, 6) is 0.147. The van der Waals surface area contributed by atoms with Crippen molar-refractivity contribution >= 4 is 11.0 Å². The predicted molar refractivity (Wildman–Crippen MR) is 69.4 cm³/mol. The Labute approximate surface area is 108 Å². The van der Waals surface area contributed by atoms with E-state index in [4.69, 9.17) is 0 Å². The van der Waals surface area contributed by atoms with E-state index < -0.39 is 0 Å². The summed E-state index contributed by atoms with van der Waals surface area (Å²) in [6.07, 6.45) is 0. The Morgan fingerprint density at radius 1 is 1.11 bits per heavy atom. The van der Waals surface area contributed by atoms with Gasteiger partial charge in [-0.25, -0.2) is 9.37 Å². The van der Waals surface area contributed by atoms with E-state index in [1.165, 1.54) is 30.3 Å². The molecule has 3 aromatic rings. The molecule has 0 atom stereocenters. The number of rotatable bonds is 1. The fraction of sp³-hybridized carbons (Fsp3) is 0.0714. The van der Waals surface area contributed by atoms with Crippen LogP contribution in [0.25, 0.3) is 22.4 Å². The lowest BCUT2D eigenvalue weighted by molar-refractivity contribution is 0.461. The Morgan fingerprint density at radius 3 is 2.68 bits per heavy atom. The van der Waals surface area contributed by atoms with Crippen molar-refractivity contribution in [2.75, 3.05) is 0 Å². The number of nitrogens with zero attached hydrogens (tertiary/aromatic N) is 2. The molecule has 0 fully saturated rings. The van der Waals surface area contributed by atoms with Crippen LogP contribution in [0.4, 0.5) is 4.39 Å². The Kier molecular flexibility index (Phi) is 2.41. The standard InChI is InChI=1S/C14H11FN2O2/c1-17-12-4-2-8(15)6-11(12)16-14(17)10-7-9(18)3-5-13(10)19/h2-7,18-19H,1H3. The van der Waals surface area contributed by atoms with E-state index >= 15 is 0 Å². The van der Waals surface area contributed by atoms with Crippen LogP contribution < -0.4 is 0 Å². The first-order valence-corrected chi connectivity index (χ1v) is 5.70. The van der Waals surface area contributed by atoms with E-state index in [1.807, 2.05) is 0 Å². The molecule has 0 amide bonds. The molecule has 0 aliphatic rings. The minimum atomic E-state index is -0.364. The van der Waals surface area contributed by atoms with Crippen LogP contribution in [0.5, 0.6) is 11.5 Å². The number of benzene rings is 2. The van der Waals surface area contributed by atoms with Crippen LogP contribution in [0, 0.1) is 5.82 Å². The highest BCUT2D eigenvalue weighted by Gasteiger charge is 2.14. The molecule has 0 saturated heterocycles. The van der Waals surface area contributed by atoms with Crippen molar-refractivity contribution in [1.82, 2.24) is 9.55 Å². The van der Waals surface area contributed by atoms with Gasteiger partial charge < -0.3 is 14.8 Å². The topological polar surface area (TPSA) is 58.3 Å². The Bertz CT molecular complexity index is 780. The van der Waals surface area contributed by atoms with Crippen molar-refractivity contribution in [2.24, 2.45) is 7.05 Å². The quantitative estimate of drug-likeness (QED) is 0.660. The van der Waals surface area contributed by atoms with Crippen LogP contribution in [0.3, 0.4) is 0 Å². The van der Waals surface area contributed by atoms with Gasteiger partial charge in [0, 0.05) is 13.1 Å².